The predicted octanol–water partition coefficient (Wildman–Crippen LogP) is 3.88. The number of anilines is 1. The summed E-state index contributed by atoms with van der Waals surface area (Å²) in [5.74, 6) is 1.02. The number of benzene rings is 1. The Morgan fingerprint density at radius 3 is 2.63 bits per heavy atom. The average Bonchev–Trinajstić information content (AvgIpc) is 3.04. The van der Waals surface area contributed by atoms with Crippen LogP contribution in [0, 0.1) is 0 Å². The van der Waals surface area contributed by atoms with Crippen LogP contribution in [-0.2, 0) is 12.8 Å². The van der Waals surface area contributed by atoms with Gasteiger partial charge in [-0.1, -0.05) is 24.3 Å². The van der Waals surface area contributed by atoms with Gasteiger partial charge in [-0.25, -0.2) is 4.98 Å². The van der Waals surface area contributed by atoms with E-state index in [1.807, 2.05) is 6.20 Å². The number of pyridine rings is 1. The molecule has 0 unspecified atom stereocenters. The molecule has 4 rings (SSSR count). The number of fused-ring (bicyclic) bond motifs is 2. The van der Waals surface area contributed by atoms with Crippen LogP contribution in [0.1, 0.15) is 11.1 Å². The van der Waals surface area contributed by atoms with Gasteiger partial charge in [0.05, 0.1) is 0 Å². The fraction of sp³-hybridized carbons (Fsp3) is 0.188. The summed E-state index contributed by atoms with van der Waals surface area (Å²) in [6.07, 6.45) is 4.08. The van der Waals surface area contributed by atoms with E-state index in [0.717, 1.165) is 18.7 Å². The Kier molecular flexibility index (Phi) is 2.52. The van der Waals surface area contributed by atoms with Crippen molar-refractivity contribution in [3.05, 3.63) is 59.1 Å². The maximum absolute atomic E-state index is 4.50. The third-order valence-corrected chi connectivity index (χ3v) is 4.65. The van der Waals surface area contributed by atoms with Gasteiger partial charge < -0.3 is 5.32 Å². The number of thiophene rings is 1. The zero-order chi connectivity index (χ0) is 12.7. The summed E-state index contributed by atoms with van der Waals surface area (Å²) in [4.78, 5) is 4.50. The van der Waals surface area contributed by atoms with Crippen LogP contribution in [0.15, 0.2) is 48.0 Å². The van der Waals surface area contributed by atoms with Gasteiger partial charge in [0.15, 0.2) is 0 Å². The molecule has 0 amide bonds. The number of nitrogens with zero attached hydrogens (tertiary/aromatic N) is 1. The Bertz CT molecular complexity index is 707. The number of rotatable bonds is 2. The van der Waals surface area contributed by atoms with Crippen LogP contribution >= 0.6 is 11.3 Å². The van der Waals surface area contributed by atoms with Crippen molar-refractivity contribution >= 4 is 27.2 Å². The minimum atomic E-state index is 0.468. The summed E-state index contributed by atoms with van der Waals surface area (Å²) >= 11 is 1.77. The second kappa shape index (κ2) is 4.35. The van der Waals surface area contributed by atoms with Gasteiger partial charge in [0, 0.05) is 22.3 Å². The third kappa shape index (κ3) is 1.90. The highest BCUT2D eigenvalue weighted by molar-refractivity contribution is 7.17. The van der Waals surface area contributed by atoms with Crippen molar-refractivity contribution < 1.29 is 0 Å². The molecule has 94 valence electrons. The predicted molar refractivity (Wildman–Crippen MR) is 80.9 cm³/mol. The molecule has 3 heteroatoms. The van der Waals surface area contributed by atoms with Gasteiger partial charge in [-0.3, -0.25) is 0 Å². The molecule has 3 aromatic rings. The summed E-state index contributed by atoms with van der Waals surface area (Å²) < 4.78 is 1.30. The smallest absolute Gasteiger partial charge is 0.134 e. The molecule has 0 fully saturated rings. The van der Waals surface area contributed by atoms with Crippen molar-refractivity contribution in [2.24, 2.45) is 0 Å². The molecule has 1 aliphatic rings. The summed E-state index contributed by atoms with van der Waals surface area (Å²) in [7, 11) is 0. The fourth-order valence-corrected chi connectivity index (χ4v) is 3.65. The summed E-state index contributed by atoms with van der Waals surface area (Å²) in [5, 5.41) is 6.98. The Labute approximate surface area is 116 Å². The van der Waals surface area contributed by atoms with Gasteiger partial charge in [0.1, 0.15) is 5.82 Å². The van der Waals surface area contributed by atoms with Crippen LogP contribution in [0.5, 0.6) is 0 Å². The molecule has 19 heavy (non-hydrogen) atoms. The normalized spacial score (nSPS) is 14.7. The lowest BCUT2D eigenvalue weighted by molar-refractivity contribution is 0.770. The van der Waals surface area contributed by atoms with Gasteiger partial charge in [0.25, 0.3) is 0 Å². The number of aromatic nitrogens is 1. The van der Waals surface area contributed by atoms with Crippen molar-refractivity contribution in [2.75, 3.05) is 5.32 Å². The Morgan fingerprint density at radius 2 is 1.84 bits per heavy atom. The van der Waals surface area contributed by atoms with Crippen LogP contribution < -0.4 is 5.32 Å². The van der Waals surface area contributed by atoms with E-state index in [9.17, 15) is 0 Å². The molecule has 2 nitrogen and oxygen atoms in total. The fourth-order valence-electron chi connectivity index (χ4n) is 2.86. The first-order valence-electron chi connectivity index (χ1n) is 6.56. The Hall–Kier alpha value is -1.87. The summed E-state index contributed by atoms with van der Waals surface area (Å²) in [5.41, 5.74) is 2.94. The van der Waals surface area contributed by atoms with Crippen LogP contribution in [0.4, 0.5) is 5.82 Å². The molecule has 2 aromatic heterocycles. The minimum Gasteiger partial charge on any atom is -0.366 e. The SMILES string of the molecule is c1ccc2c(c1)CC(Nc1nccc3sccc13)C2. The average molecular weight is 266 g/mol. The van der Waals surface area contributed by atoms with E-state index in [0.29, 0.717) is 6.04 Å². The van der Waals surface area contributed by atoms with Gasteiger partial charge in [-0.15, -0.1) is 11.3 Å². The van der Waals surface area contributed by atoms with Crippen LogP contribution in [-0.4, -0.2) is 11.0 Å². The van der Waals surface area contributed by atoms with E-state index < -0.39 is 0 Å². The number of nitrogens with one attached hydrogen (secondary N) is 1. The van der Waals surface area contributed by atoms with Crippen molar-refractivity contribution in [1.82, 2.24) is 4.98 Å². The highest BCUT2D eigenvalue weighted by Crippen LogP contribution is 2.29. The first-order valence-corrected chi connectivity index (χ1v) is 7.43. The molecule has 2 heterocycles. The first kappa shape index (κ1) is 11.0. The molecule has 0 bridgehead atoms. The molecule has 0 radical (unpaired) electrons. The number of hydrogen-bond acceptors (Lipinski definition) is 3. The lowest BCUT2D eigenvalue weighted by Gasteiger charge is -2.13. The lowest BCUT2D eigenvalue weighted by Crippen LogP contribution is -2.20. The lowest BCUT2D eigenvalue weighted by atomic mass is 10.1. The third-order valence-electron chi connectivity index (χ3n) is 3.77. The minimum absolute atomic E-state index is 0.468. The van der Waals surface area contributed by atoms with Crippen LogP contribution in [0.3, 0.4) is 0 Å². The summed E-state index contributed by atoms with van der Waals surface area (Å²) in [6.45, 7) is 0. The first-order chi connectivity index (χ1) is 9.40. The molecule has 1 aromatic carbocycles. The number of hydrogen-bond donors (Lipinski definition) is 1. The van der Waals surface area contributed by atoms with Crippen LogP contribution in [0.2, 0.25) is 0 Å². The molecular weight excluding hydrogens is 252 g/mol. The summed E-state index contributed by atoms with van der Waals surface area (Å²) in [6, 6.07) is 13.4. The van der Waals surface area contributed by atoms with Crippen molar-refractivity contribution in [3.63, 3.8) is 0 Å². The van der Waals surface area contributed by atoms with E-state index in [1.165, 1.54) is 21.2 Å². The van der Waals surface area contributed by atoms with Gasteiger partial charge in [-0.05, 0) is 41.5 Å². The van der Waals surface area contributed by atoms with Crippen LogP contribution in [0.25, 0.3) is 10.1 Å². The Balaban J connectivity index is 1.62. The molecule has 0 atom stereocenters. The highest BCUT2D eigenvalue weighted by Gasteiger charge is 2.21. The second-order valence-corrected chi connectivity index (χ2v) is 5.96. The topological polar surface area (TPSA) is 24.9 Å². The largest absolute Gasteiger partial charge is 0.366 e. The van der Waals surface area contributed by atoms with E-state index in [-0.39, 0.29) is 0 Å². The van der Waals surface area contributed by atoms with E-state index in [2.05, 4.69) is 52.1 Å². The monoisotopic (exact) mass is 266 g/mol. The molecule has 0 aliphatic heterocycles. The Morgan fingerprint density at radius 1 is 1.05 bits per heavy atom. The molecule has 0 saturated carbocycles. The zero-order valence-corrected chi connectivity index (χ0v) is 11.3. The van der Waals surface area contributed by atoms with Gasteiger partial charge >= 0.3 is 0 Å². The zero-order valence-electron chi connectivity index (χ0n) is 10.5. The molecular formula is C16H14N2S. The van der Waals surface area contributed by atoms with Gasteiger partial charge in [0.2, 0.25) is 0 Å². The molecule has 1 N–H and O–H groups in total. The molecule has 0 spiro atoms. The molecule has 1 aliphatic carbocycles. The standard InChI is InChI=1S/C16H14N2S/c1-2-4-12-10-13(9-11(12)3-1)18-16-14-6-8-19-15(14)5-7-17-16/h1-8,13H,9-10H2,(H,17,18). The van der Waals surface area contributed by atoms with E-state index >= 15 is 0 Å². The maximum Gasteiger partial charge on any atom is 0.134 e. The van der Waals surface area contributed by atoms with Crippen molar-refractivity contribution in [1.29, 1.82) is 0 Å². The quantitative estimate of drug-likeness (QED) is 0.761. The van der Waals surface area contributed by atoms with Gasteiger partial charge in [-0.2, -0.15) is 0 Å². The second-order valence-electron chi connectivity index (χ2n) is 5.01. The van der Waals surface area contributed by atoms with E-state index in [1.54, 1.807) is 11.3 Å². The van der Waals surface area contributed by atoms with E-state index in [4.69, 9.17) is 0 Å². The van der Waals surface area contributed by atoms with Crippen molar-refractivity contribution in [3.8, 4) is 0 Å². The van der Waals surface area contributed by atoms with Crippen molar-refractivity contribution in [2.45, 2.75) is 18.9 Å². The maximum atomic E-state index is 4.50. The molecule has 0 saturated heterocycles. The highest BCUT2D eigenvalue weighted by atomic mass is 32.1.